The van der Waals surface area contributed by atoms with E-state index in [2.05, 4.69) is 10.6 Å². The normalized spacial score (nSPS) is 13.1. The molecule has 3 rings (SSSR count). The number of amides is 2. The Balaban J connectivity index is 1.78. The van der Waals surface area contributed by atoms with Crippen LogP contribution in [0.5, 0.6) is 0 Å². The van der Waals surface area contributed by atoms with Gasteiger partial charge >= 0.3 is 0 Å². The molecule has 0 fully saturated rings. The molecule has 0 radical (unpaired) electrons. The molecule has 2 aromatic carbocycles. The molecule has 4 nitrogen and oxygen atoms in total. The van der Waals surface area contributed by atoms with Gasteiger partial charge in [-0.15, -0.1) is 0 Å². The number of imide groups is 1. The molecule has 2 N–H and O–H groups in total. The van der Waals surface area contributed by atoms with Crippen LogP contribution in [-0.4, -0.2) is 11.8 Å². The van der Waals surface area contributed by atoms with Gasteiger partial charge < -0.3 is 5.32 Å². The van der Waals surface area contributed by atoms with Crippen molar-refractivity contribution in [1.29, 1.82) is 0 Å². The van der Waals surface area contributed by atoms with Crippen LogP contribution in [0.3, 0.4) is 0 Å². The van der Waals surface area contributed by atoms with Crippen molar-refractivity contribution in [3.05, 3.63) is 64.2 Å². The number of fused-ring (bicyclic) bond motifs is 1. The van der Waals surface area contributed by atoms with Crippen molar-refractivity contribution in [2.24, 2.45) is 0 Å². The average molecular weight is 287 g/mol. The minimum Gasteiger partial charge on any atom is -0.381 e. The van der Waals surface area contributed by atoms with Crippen LogP contribution in [0.15, 0.2) is 42.5 Å². The second kappa shape index (κ2) is 4.98. The van der Waals surface area contributed by atoms with E-state index in [1.165, 1.54) is 0 Å². The first-order valence-electron chi connectivity index (χ1n) is 6.11. The van der Waals surface area contributed by atoms with Crippen molar-refractivity contribution in [3.8, 4) is 0 Å². The molecule has 0 aliphatic carbocycles. The van der Waals surface area contributed by atoms with Crippen molar-refractivity contribution in [2.45, 2.75) is 6.54 Å². The van der Waals surface area contributed by atoms with Crippen LogP contribution in [-0.2, 0) is 6.54 Å². The molecule has 0 aromatic heterocycles. The van der Waals surface area contributed by atoms with Gasteiger partial charge in [0.2, 0.25) is 0 Å². The smallest absolute Gasteiger partial charge is 0.259 e. The fourth-order valence-electron chi connectivity index (χ4n) is 2.13. The zero-order valence-electron chi connectivity index (χ0n) is 10.4. The Bertz CT molecular complexity index is 713. The molecule has 20 heavy (non-hydrogen) atoms. The first-order chi connectivity index (χ1) is 9.63. The first kappa shape index (κ1) is 12.7. The van der Waals surface area contributed by atoms with Gasteiger partial charge in [-0.2, -0.15) is 0 Å². The van der Waals surface area contributed by atoms with Gasteiger partial charge in [0.05, 0.1) is 11.1 Å². The van der Waals surface area contributed by atoms with E-state index in [-0.39, 0.29) is 11.8 Å². The van der Waals surface area contributed by atoms with E-state index in [0.717, 1.165) is 11.3 Å². The van der Waals surface area contributed by atoms with E-state index < -0.39 is 0 Å². The Morgan fingerprint density at radius 2 is 1.80 bits per heavy atom. The molecule has 1 aliphatic heterocycles. The predicted octanol–water partition coefficient (Wildman–Crippen LogP) is 2.84. The van der Waals surface area contributed by atoms with Crippen molar-refractivity contribution in [3.63, 3.8) is 0 Å². The number of nitrogens with one attached hydrogen (secondary N) is 2. The zero-order chi connectivity index (χ0) is 14.1. The highest BCUT2D eigenvalue weighted by molar-refractivity contribution is 6.30. The minimum atomic E-state index is -0.351. The lowest BCUT2D eigenvalue weighted by molar-refractivity contribution is 0.0879. The molecule has 1 heterocycles. The van der Waals surface area contributed by atoms with E-state index in [1.54, 1.807) is 18.2 Å². The molecule has 0 bridgehead atoms. The molecule has 0 saturated heterocycles. The summed E-state index contributed by atoms with van der Waals surface area (Å²) in [6.45, 7) is 0.592. The van der Waals surface area contributed by atoms with Crippen molar-refractivity contribution in [2.75, 3.05) is 5.32 Å². The topological polar surface area (TPSA) is 58.2 Å². The number of hydrogen-bond acceptors (Lipinski definition) is 3. The largest absolute Gasteiger partial charge is 0.381 e. The highest BCUT2D eigenvalue weighted by Gasteiger charge is 2.26. The van der Waals surface area contributed by atoms with Gasteiger partial charge in [0.1, 0.15) is 0 Å². The molecular weight excluding hydrogens is 276 g/mol. The first-order valence-corrected chi connectivity index (χ1v) is 6.49. The maximum atomic E-state index is 11.6. The van der Waals surface area contributed by atoms with E-state index in [1.807, 2.05) is 24.3 Å². The molecule has 100 valence electrons. The van der Waals surface area contributed by atoms with Crippen LogP contribution >= 0.6 is 11.6 Å². The molecule has 5 heteroatoms. The van der Waals surface area contributed by atoms with Gasteiger partial charge in [-0.3, -0.25) is 14.9 Å². The number of benzene rings is 2. The number of carbonyl (C=O) groups excluding carboxylic acids is 2. The third-order valence-electron chi connectivity index (χ3n) is 3.12. The van der Waals surface area contributed by atoms with Crippen LogP contribution in [0.25, 0.3) is 0 Å². The fourth-order valence-corrected chi connectivity index (χ4v) is 2.34. The highest BCUT2D eigenvalue weighted by atomic mass is 35.5. The van der Waals surface area contributed by atoms with Gasteiger partial charge in [0, 0.05) is 17.3 Å². The van der Waals surface area contributed by atoms with Crippen LogP contribution < -0.4 is 10.6 Å². The van der Waals surface area contributed by atoms with Crippen LogP contribution in [0.1, 0.15) is 26.3 Å². The summed E-state index contributed by atoms with van der Waals surface area (Å²) in [7, 11) is 0. The summed E-state index contributed by atoms with van der Waals surface area (Å²) in [4.78, 5) is 23.0. The molecule has 0 unspecified atom stereocenters. The Morgan fingerprint density at radius 3 is 2.60 bits per heavy atom. The number of anilines is 1. The number of carbonyl (C=O) groups is 2. The molecule has 0 spiro atoms. The van der Waals surface area contributed by atoms with Crippen molar-refractivity contribution < 1.29 is 9.59 Å². The lowest BCUT2D eigenvalue weighted by Gasteiger charge is -2.07. The molecule has 1 aliphatic rings. The SMILES string of the molecule is O=C1NC(=O)c2cc(NCc3cccc(Cl)c3)ccc21. The molecule has 0 saturated carbocycles. The summed E-state index contributed by atoms with van der Waals surface area (Å²) in [6, 6.07) is 12.6. The molecule has 2 aromatic rings. The Hall–Kier alpha value is -2.33. The monoisotopic (exact) mass is 286 g/mol. The summed E-state index contributed by atoms with van der Waals surface area (Å²) in [5.41, 5.74) is 2.65. The highest BCUT2D eigenvalue weighted by Crippen LogP contribution is 2.21. The van der Waals surface area contributed by atoms with Gasteiger partial charge in [-0.25, -0.2) is 0 Å². The van der Waals surface area contributed by atoms with Gasteiger partial charge in [-0.05, 0) is 35.9 Å². The van der Waals surface area contributed by atoms with E-state index in [0.29, 0.717) is 22.7 Å². The maximum Gasteiger partial charge on any atom is 0.259 e. The standard InChI is InChI=1S/C15H11ClN2O2/c16-10-3-1-2-9(6-10)8-17-11-4-5-12-13(7-11)15(20)18-14(12)19/h1-7,17H,8H2,(H,18,19,20). The number of halogens is 1. The second-order valence-corrected chi connectivity index (χ2v) is 4.96. The van der Waals surface area contributed by atoms with E-state index in [9.17, 15) is 9.59 Å². The van der Waals surface area contributed by atoms with Crippen LogP contribution in [0, 0.1) is 0 Å². The molecule has 2 amide bonds. The van der Waals surface area contributed by atoms with E-state index >= 15 is 0 Å². The summed E-state index contributed by atoms with van der Waals surface area (Å²) in [5, 5.41) is 6.15. The zero-order valence-corrected chi connectivity index (χ0v) is 11.2. The molecule has 0 atom stereocenters. The number of rotatable bonds is 3. The Kier molecular flexibility index (Phi) is 3.16. The van der Waals surface area contributed by atoms with Gasteiger partial charge in [0.15, 0.2) is 0 Å². The van der Waals surface area contributed by atoms with Crippen LogP contribution in [0.2, 0.25) is 5.02 Å². The Morgan fingerprint density at radius 1 is 1.00 bits per heavy atom. The summed E-state index contributed by atoms with van der Waals surface area (Å²) in [5.74, 6) is -0.692. The third-order valence-corrected chi connectivity index (χ3v) is 3.36. The van der Waals surface area contributed by atoms with Crippen molar-refractivity contribution in [1.82, 2.24) is 5.32 Å². The lowest BCUT2D eigenvalue weighted by atomic mass is 10.1. The Labute approximate surface area is 120 Å². The van der Waals surface area contributed by atoms with Crippen molar-refractivity contribution >= 4 is 29.1 Å². The summed E-state index contributed by atoms with van der Waals surface area (Å²) >= 11 is 5.92. The number of hydrogen-bond donors (Lipinski definition) is 2. The average Bonchev–Trinajstić information content (AvgIpc) is 2.72. The predicted molar refractivity (Wildman–Crippen MR) is 77.0 cm³/mol. The summed E-state index contributed by atoms with van der Waals surface area (Å²) in [6.07, 6.45) is 0. The van der Waals surface area contributed by atoms with Gasteiger partial charge in [-0.1, -0.05) is 23.7 Å². The minimum absolute atomic E-state index is 0.341. The quantitative estimate of drug-likeness (QED) is 0.853. The lowest BCUT2D eigenvalue weighted by Crippen LogP contribution is -2.19. The van der Waals surface area contributed by atoms with E-state index in [4.69, 9.17) is 11.6 Å². The summed E-state index contributed by atoms with van der Waals surface area (Å²) < 4.78 is 0. The third kappa shape index (κ3) is 2.38. The maximum absolute atomic E-state index is 11.6. The fraction of sp³-hybridized carbons (Fsp3) is 0.0667. The van der Waals surface area contributed by atoms with Gasteiger partial charge in [0.25, 0.3) is 11.8 Å². The molecular formula is C15H11ClN2O2. The van der Waals surface area contributed by atoms with Crippen LogP contribution in [0.4, 0.5) is 5.69 Å². The second-order valence-electron chi connectivity index (χ2n) is 4.53.